The van der Waals surface area contributed by atoms with Gasteiger partial charge in [-0.25, -0.2) is 13.8 Å². The number of hydrogen-bond donors (Lipinski definition) is 1. The van der Waals surface area contributed by atoms with Gasteiger partial charge in [0.05, 0.1) is 12.3 Å². The van der Waals surface area contributed by atoms with E-state index in [4.69, 9.17) is 4.74 Å². The summed E-state index contributed by atoms with van der Waals surface area (Å²) in [5, 5.41) is 2.81. The second-order valence-electron chi connectivity index (χ2n) is 8.93. The number of ether oxygens (including phenoxy) is 1. The monoisotopic (exact) mass is 459 g/mol. The lowest BCUT2D eigenvalue weighted by Gasteiger charge is -2.28. The van der Waals surface area contributed by atoms with E-state index in [-0.39, 0.29) is 66.8 Å². The molecule has 0 aromatic carbocycles. The molecule has 2 fully saturated rings. The van der Waals surface area contributed by atoms with Crippen LogP contribution in [-0.2, 0) is 17.3 Å². The molecule has 0 bridgehead atoms. The molecule has 176 valence electrons. The summed E-state index contributed by atoms with van der Waals surface area (Å²) in [5.41, 5.74) is -0.343. The Kier molecular flexibility index (Phi) is 6.17. The number of carbonyl (C=O) groups excluding carboxylic acids is 1. The van der Waals surface area contributed by atoms with Gasteiger partial charge >= 0.3 is 6.18 Å². The second-order valence-corrected chi connectivity index (χ2v) is 8.93. The maximum Gasteiger partial charge on any atom is 0.435 e. The normalized spacial score (nSPS) is 21.9. The van der Waals surface area contributed by atoms with Gasteiger partial charge in [-0.1, -0.05) is 0 Å². The zero-order valence-electron chi connectivity index (χ0n) is 17.8. The molecule has 2 aliphatic rings. The van der Waals surface area contributed by atoms with Gasteiger partial charge in [-0.05, 0) is 50.7 Å². The fourth-order valence-electron chi connectivity index (χ4n) is 4.64. The average Bonchev–Trinajstić information content (AvgIpc) is 3.35. The van der Waals surface area contributed by atoms with Crippen molar-refractivity contribution in [3.63, 3.8) is 0 Å². The number of pyridine rings is 1. The number of carbonyl (C=O) groups is 1. The van der Waals surface area contributed by atoms with E-state index in [9.17, 15) is 26.7 Å². The Bertz CT molecular complexity index is 986. The molecule has 0 radical (unpaired) electrons. The molecule has 1 N–H and O–H groups in total. The number of aromatic nitrogens is 2. The summed E-state index contributed by atoms with van der Waals surface area (Å²) in [5.74, 6) is -3.17. The third kappa shape index (κ3) is 4.89. The predicted molar refractivity (Wildman–Crippen MR) is 107 cm³/mol. The molecule has 1 saturated carbocycles. The van der Waals surface area contributed by atoms with E-state index >= 15 is 0 Å². The number of aryl methyl sites for hydroxylation is 1. The van der Waals surface area contributed by atoms with Crippen LogP contribution in [0.3, 0.4) is 0 Å². The van der Waals surface area contributed by atoms with Crippen LogP contribution >= 0.6 is 0 Å². The Morgan fingerprint density at radius 2 is 1.94 bits per heavy atom. The molecule has 1 unspecified atom stereocenters. The Morgan fingerprint density at radius 3 is 2.56 bits per heavy atom. The van der Waals surface area contributed by atoms with Crippen LogP contribution in [0.5, 0.6) is 0 Å². The molecular weight excluding hydrogens is 433 g/mol. The van der Waals surface area contributed by atoms with Crippen molar-refractivity contribution in [2.75, 3.05) is 19.8 Å². The number of alkyl halides is 5. The molecule has 1 aliphatic carbocycles. The number of nitrogens with one attached hydrogen (secondary N) is 1. The molecule has 32 heavy (non-hydrogen) atoms. The molecule has 1 amide bonds. The van der Waals surface area contributed by atoms with Crippen molar-refractivity contribution in [3.05, 3.63) is 34.8 Å². The minimum atomic E-state index is -4.68. The molecule has 4 rings (SSSR count). The van der Waals surface area contributed by atoms with E-state index in [1.807, 2.05) is 0 Å². The molecule has 0 spiro atoms. The van der Waals surface area contributed by atoms with Crippen LogP contribution in [0.15, 0.2) is 12.1 Å². The summed E-state index contributed by atoms with van der Waals surface area (Å²) in [4.78, 5) is 16.4. The quantitative estimate of drug-likeness (QED) is 0.654. The number of halogens is 5. The van der Waals surface area contributed by atoms with Gasteiger partial charge in [0.2, 0.25) is 5.92 Å². The lowest BCUT2D eigenvalue weighted by atomic mass is 9.83. The zero-order chi connectivity index (χ0) is 23.1. The highest BCUT2D eigenvalue weighted by Gasteiger charge is 2.40. The van der Waals surface area contributed by atoms with Crippen molar-refractivity contribution in [1.82, 2.24) is 14.7 Å². The van der Waals surface area contributed by atoms with Gasteiger partial charge in [0.25, 0.3) is 5.91 Å². The van der Waals surface area contributed by atoms with Crippen LogP contribution in [-0.4, -0.2) is 41.0 Å². The molecule has 2 aromatic heterocycles. The summed E-state index contributed by atoms with van der Waals surface area (Å²) < 4.78 is 74.9. The van der Waals surface area contributed by atoms with Gasteiger partial charge in [0.15, 0.2) is 5.69 Å². The topological polar surface area (TPSA) is 55.6 Å². The maximum absolute atomic E-state index is 13.8. The van der Waals surface area contributed by atoms with E-state index in [2.05, 4.69) is 10.3 Å². The maximum atomic E-state index is 13.8. The second kappa shape index (κ2) is 8.61. The Hall–Kier alpha value is -2.23. The fraction of sp³-hybridized carbons (Fsp3) is 0.636. The van der Waals surface area contributed by atoms with E-state index in [0.29, 0.717) is 25.5 Å². The first-order valence-electron chi connectivity index (χ1n) is 10.9. The lowest BCUT2D eigenvalue weighted by molar-refractivity contribution is -0.141. The number of hydrogen-bond acceptors (Lipinski definition) is 3. The highest BCUT2D eigenvalue weighted by Crippen LogP contribution is 2.40. The van der Waals surface area contributed by atoms with Crippen molar-refractivity contribution >= 4 is 11.6 Å². The van der Waals surface area contributed by atoms with Crippen LogP contribution in [0.2, 0.25) is 0 Å². The summed E-state index contributed by atoms with van der Waals surface area (Å²) in [6, 6.07) is 2.88. The first-order chi connectivity index (χ1) is 15.0. The Balaban J connectivity index is 1.61. The largest absolute Gasteiger partial charge is 0.435 e. The number of imidazole rings is 1. The SMILES string of the molecule is Cc1cc(C(=O)NCC2CCOC2)cc2nc(C(F)(F)F)c(CC3CCC(F)(F)CC3)n12. The minimum absolute atomic E-state index is 0.0140. The van der Waals surface area contributed by atoms with Crippen molar-refractivity contribution in [2.24, 2.45) is 11.8 Å². The Labute approximate surface area is 182 Å². The molecule has 2 aromatic rings. The van der Waals surface area contributed by atoms with Crippen LogP contribution in [0.1, 0.15) is 59.5 Å². The highest BCUT2D eigenvalue weighted by atomic mass is 19.4. The van der Waals surface area contributed by atoms with Crippen LogP contribution in [0.25, 0.3) is 5.65 Å². The molecule has 1 atom stereocenters. The number of amides is 1. The molecule has 1 saturated heterocycles. The number of nitrogens with zero attached hydrogens (tertiary/aromatic N) is 2. The average molecular weight is 459 g/mol. The Morgan fingerprint density at radius 1 is 1.22 bits per heavy atom. The van der Waals surface area contributed by atoms with E-state index < -0.39 is 17.8 Å². The van der Waals surface area contributed by atoms with Crippen LogP contribution < -0.4 is 5.32 Å². The summed E-state index contributed by atoms with van der Waals surface area (Å²) in [7, 11) is 0. The van der Waals surface area contributed by atoms with Crippen molar-refractivity contribution in [3.8, 4) is 0 Å². The first-order valence-corrected chi connectivity index (χ1v) is 10.9. The van der Waals surface area contributed by atoms with Gasteiger partial charge in [-0.2, -0.15) is 13.2 Å². The van der Waals surface area contributed by atoms with Gasteiger partial charge in [0.1, 0.15) is 5.65 Å². The summed E-state index contributed by atoms with van der Waals surface area (Å²) >= 11 is 0. The lowest BCUT2D eigenvalue weighted by Crippen LogP contribution is -2.29. The van der Waals surface area contributed by atoms with Crippen molar-refractivity contribution in [1.29, 1.82) is 0 Å². The standard InChI is InChI=1S/C22H26F5N3O2/c1-13-8-16(20(31)28-11-15-4-7-32-12-15)10-18-29-19(22(25,26)27)17(30(13)18)9-14-2-5-21(23,24)6-3-14/h8,10,14-15H,2-7,9,11-12H2,1H3,(H,28,31). The van der Waals surface area contributed by atoms with Gasteiger partial charge in [-0.15, -0.1) is 0 Å². The predicted octanol–water partition coefficient (Wildman–Crippen LogP) is 4.80. The van der Waals surface area contributed by atoms with E-state index in [0.717, 1.165) is 6.42 Å². The molecular formula is C22H26F5N3O2. The summed E-state index contributed by atoms with van der Waals surface area (Å²) in [6.45, 7) is 3.28. The van der Waals surface area contributed by atoms with Crippen molar-refractivity contribution < 1.29 is 31.5 Å². The molecule has 5 nitrogen and oxygen atoms in total. The minimum Gasteiger partial charge on any atom is -0.381 e. The zero-order valence-corrected chi connectivity index (χ0v) is 17.8. The highest BCUT2D eigenvalue weighted by molar-refractivity contribution is 5.95. The molecule has 10 heteroatoms. The van der Waals surface area contributed by atoms with Gasteiger partial charge < -0.3 is 14.5 Å². The van der Waals surface area contributed by atoms with Crippen LogP contribution in [0.4, 0.5) is 22.0 Å². The van der Waals surface area contributed by atoms with Crippen molar-refractivity contribution in [2.45, 2.75) is 57.5 Å². The summed E-state index contributed by atoms with van der Waals surface area (Å²) in [6.07, 6.45) is -4.11. The van der Waals surface area contributed by atoms with E-state index in [1.165, 1.54) is 16.5 Å². The molecule has 1 aliphatic heterocycles. The van der Waals surface area contributed by atoms with Gasteiger partial charge in [-0.3, -0.25) is 4.79 Å². The third-order valence-electron chi connectivity index (χ3n) is 6.43. The van der Waals surface area contributed by atoms with Crippen LogP contribution in [0, 0.1) is 18.8 Å². The van der Waals surface area contributed by atoms with Gasteiger partial charge in [0, 0.05) is 43.2 Å². The smallest absolute Gasteiger partial charge is 0.381 e. The first kappa shape index (κ1) is 22.9. The third-order valence-corrected chi connectivity index (χ3v) is 6.43. The molecule has 3 heterocycles. The van der Waals surface area contributed by atoms with E-state index in [1.54, 1.807) is 6.92 Å². The fourth-order valence-corrected chi connectivity index (χ4v) is 4.64. The number of rotatable bonds is 5. The number of fused-ring (bicyclic) bond motifs is 1.